The van der Waals surface area contributed by atoms with Gasteiger partial charge in [-0.2, -0.15) is 0 Å². The van der Waals surface area contributed by atoms with E-state index in [0.717, 1.165) is 0 Å². The van der Waals surface area contributed by atoms with Crippen LogP contribution in [0, 0.1) is 6.85 Å². The van der Waals surface area contributed by atoms with Crippen LogP contribution < -0.4 is 10.2 Å². The van der Waals surface area contributed by atoms with Crippen molar-refractivity contribution in [3.63, 3.8) is 0 Å². The molecule has 0 atom stereocenters. The van der Waals surface area contributed by atoms with Gasteiger partial charge in [0.2, 0.25) is 0 Å². The Bertz CT molecular complexity index is 351. The van der Waals surface area contributed by atoms with Gasteiger partial charge in [-0.25, -0.2) is 0 Å². The quantitative estimate of drug-likeness (QED) is 0.596. The Labute approximate surface area is 76.0 Å². The molecule has 0 saturated heterocycles. The van der Waals surface area contributed by atoms with Crippen molar-refractivity contribution >= 4 is 12.6 Å². The molecule has 0 fully saturated rings. The molecule has 0 amide bonds. The number of hydrogen-bond donors (Lipinski definition) is 2. The van der Waals surface area contributed by atoms with E-state index in [-0.39, 0.29) is 16.8 Å². The Morgan fingerprint density at radius 1 is 1.50 bits per heavy atom. The van der Waals surface area contributed by atoms with Crippen molar-refractivity contribution < 1.29 is 18.9 Å². The maximum Gasteiger partial charge on any atom is 0.488 e. The standard InChI is InChI=1S/C8H11BO3/c1-6-3-4-7(9(10)11)5-8(6)12-2/h3-5,10-11H,1-2H3/i1D3. The zero-order chi connectivity index (χ0) is 11.6. The van der Waals surface area contributed by atoms with Crippen LogP contribution in [0.25, 0.3) is 0 Å². The first-order valence-electron chi connectivity index (χ1n) is 4.91. The minimum atomic E-state index is -2.27. The van der Waals surface area contributed by atoms with Crippen molar-refractivity contribution in [1.29, 1.82) is 0 Å². The summed E-state index contributed by atoms with van der Waals surface area (Å²) in [5, 5.41) is 17.8. The summed E-state index contributed by atoms with van der Waals surface area (Å²) in [6.45, 7) is -2.27. The average Bonchev–Trinajstić information content (AvgIpc) is 2.15. The molecule has 4 heteroatoms. The third-order valence-corrected chi connectivity index (χ3v) is 1.52. The first-order valence-corrected chi connectivity index (χ1v) is 3.41. The van der Waals surface area contributed by atoms with Crippen LogP contribution in [-0.2, 0) is 0 Å². The zero-order valence-corrected chi connectivity index (χ0v) is 6.61. The van der Waals surface area contributed by atoms with Crippen LogP contribution in [0.5, 0.6) is 5.75 Å². The van der Waals surface area contributed by atoms with E-state index >= 15 is 0 Å². The molecule has 1 aromatic carbocycles. The maximum atomic E-state index is 8.90. The van der Waals surface area contributed by atoms with Crippen LogP contribution in [0.3, 0.4) is 0 Å². The van der Waals surface area contributed by atoms with Gasteiger partial charge in [-0.1, -0.05) is 12.1 Å². The zero-order valence-electron chi connectivity index (χ0n) is 9.61. The van der Waals surface area contributed by atoms with Crippen molar-refractivity contribution in [2.24, 2.45) is 0 Å². The fourth-order valence-corrected chi connectivity index (χ4v) is 0.868. The lowest BCUT2D eigenvalue weighted by atomic mass is 9.80. The molecular formula is C8H11BO3. The number of ether oxygens (including phenoxy) is 1. The second-order valence-corrected chi connectivity index (χ2v) is 2.33. The molecule has 1 aromatic rings. The Kier molecular flexibility index (Phi) is 1.69. The average molecular weight is 169 g/mol. The van der Waals surface area contributed by atoms with Crippen LogP contribution in [0.1, 0.15) is 9.68 Å². The highest BCUT2D eigenvalue weighted by molar-refractivity contribution is 6.58. The lowest BCUT2D eigenvalue weighted by Gasteiger charge is -2.06. The van der Waals surface area contributed by atoms with Crippen LogP contribution in [0.15, 0.2) is 18.2 Å². The van der Waals surface area contributed by atoms with E-state index in [4.69, 9.17) is 18.9 Å². The predicted molar refractivity (Wildman–Crippen MR) is 47.6 cm³/mol. The Morgan fingerprint density at radius 2 is 2.25 bits per heavy atom. The smallest absolute Gasteiger partial charge is 0.488 e. The van der Waals surface area contributed by atoms with Gasteiger partial charge >= 0.3 is 7.12 Å². The summed E-state index contributed by atoms with van der Waals surface area (Å²) >= 11 is 0. The Balaban J connectivity index is 3.21. The van der Waals surface area contributed by atoms with Gasteiger partial charge in [-0.3, -0.25) is 0 Å². The van der Waals surface area contributed by atoms with Gasteiger partial charge in [-0.05, 0) is 23.9 Å². The minimum Gasteiger partial charge on any atom is -0.497 e. The Hall–Kier alpha value is -0.995. The molecule has 0 unspecified atom stereocenters. The highest BCUT2D eigenvalue weighted by Gasteiger charge is 2.11. The van der Waals surface area contributed by atoms with Gasteiger partial charge in [0.1, 0.15) is 5.75 Å². The van der Waals surface area contributed by atoms with E-state index in [1.54, 1.807) is 0 Å². The summed E-state index contributed by atoms with van der Waals surface area (Å²) in [5.74, 6) is 0.126. The van der Waals surface area contributed by atoms with E-state index < -0.39 is 14.0 Å². The molecule has 0 heterocycles. The molecular weight excluding hydrogens is 155 g/mol. The van der Waals surface area contributed by atoms with Crippen LogP contribution >= 0.6 is 0 Å². The van der Waals surface area contributed by atoms with Gasteiger partial charge in [0.05, 0.1) is 7.11 Å². The van der Waals surface area contributed by atoms with Crippen molar-refractivity contribution in [2.45, 2.75) is 6.85 Å². The van der Waals surface area contributed by atoms with Gasteiger partial charge in [0, 0.05) is 4.11 Å². The summed E-state index contributed by atoms with van der Waals surface area (Å²) in [4.78, 5) is 0. The third kappa shape index (κ3) is 1.78. The van der Waals surface area contributed by atoms with Gasteiger partial charge in [0.25, 0.3) is 0 Å². The largest absolute Gasteiger partial charge is 0.497 e. The second kappa shape index (κ2) is 3.60. The van der Waals surface area contributed by atoms with Crippen molar-refractivity contribution in [2.75, 3.05) is 7.11 Å². The number of aryl methyl sites for hydroxylation is 1. The lowest BCUT2D eigenvalue weighted by molar-refractivity contribution is 0.409. The molecule has 3 nitrogen and oxygen atoms in total. The predicted octanol–water partition coefficient (Wildman–Crippen LogP) is -0.317. The summed E-state index contributed by atoms with van der Waals surface area (Å²) in [5.41, 5.74) is 0.245. The molecule has 1 rings (SSSR count). The molecule has 0 aliphatic rings. The van der Waals surface area contributed by atoms with Gasteiger partial charge < -0.3 is 14.8 Å². The summed E-state index contributed by atoms with van der Waals surface area (Å²) in [6, 6.07) is 3.95. The molecule has 0 saturated carbocycles. The normalized spacial score (nSPS) is 14.4. The molecule has 12 heavy (non-hydrogen) atoms. The first-order chi connectivity index (χ1) is 6.86. The molecule has 2 N–H and O–H groups in total. The van der Waals surface area contributed by atoms with Crippen molar-refractivity contribution in [3.8, 4) is 5.75 Å². The van der Waals surface area contributed by atoms with Crippen molar-refractivity contribution in [3.05, 3.63) is 23.8 Å². The SMILES string of the molecule is [2H]C([2H])([2H])c1ccc(B(O)O)cc1OC. The van der Waals surface area contributed by atoms with Crippen LogP contribution in [-0.4, -0.2) is 24.3 Å². The Morgan fingerprint density at radius 3 is 2.75 bits per heavy atom. The molecule has 64 valence electrons. The van der Waals surface area contributed by atoms with E-state index in [0.29, 0.717) is 0 Å². The van der Waals surface area contributed by atoms with Crippen LogP contribution in [0.4, 0.5) is 0 Å². The highest BCUT2D eigenvalue weighted by atomic mass is 16.5. The molecule has 0 bridgehead atoms. The lowest BCUT2D eigenvalue weighted by Crippen LogP contribution is -2.29. The molecule has 0 aromatic heterocycles. The molecule has 0 spiro atoms. The van der Waals surface area contributed by atoms with E-state index in [1.807, 2.05) is 0 Å². The second-order valence-electron chi connectivity index (χ2n) is 2.33. The fourth-order valence-electron chi connectivity index (χ4n) is 0.868. The summed E-state index contributed by atoms with van der Waals surface area (Å²) < 4.78 is 26.6. The van der Waals surface area contributed by atoms with E-state index in [1.165, 1.54) is 25.3 Å². The molecule has 0 aliphatic carbocycles. The topological polar surface area (TPSA) is 49.7 Å². The highest BCUT2D eigenvalue weighted by Crippen LogP contribution is 2.13. The minimum absolute atomic E-state index is 0.0504. The number of methoxy groups -OCH3 is 1. The number of benzene rings is 1. The van der Waals surface area contributed by atoms with E-state index in [9.17, 15) is 0 Å². The third-order valence-electron chi connectivity index (χ3n) is 1.52. The van der Waals surface area contributed by atoms with E-state index in [2.05, 4.69) is 0 Å². The summed E-state index contributed by atoms with van der Waals surface area (Å²) in [6.07, 6.45) is 0. The first kappa shape index (κ1) is 5.62. The summed E-state index contributed by atoms with van der Waals surface area (Å²) in [7, 11) is -0.303. The number of hydrogen-bond acceptors (Lipinski definition) is 3. The van der Waals surface area contributed by atoms with Crippen LogP contribution in [0.2, 0.25) is 0 Å². The molecule has 0 aliphatic heterocycles. The van der Waals surface area contributed by atoms with Gasteiger partial charge in [0.15, 0.2) is 0 Å². The van der Waals surface area contributed by atoms with Crippen molar-refractivity contribution in [1.82, 2.24) is 0 Å². The van der Waals surface area contributed by atoms with Gasteiger partial charge in [-0.15, -0.1) is 0 Å². The molecule has 0 radical (unpaired) electrons. The monoisotopic (exact) mass is 169 g/mol. The number of rotatable bonds is 2. The fraction of sp³-hybridized carbons (Fsp3) is 0.250. The maximum absolute atomic E-state index is 8.90.